The minimum atomic E-state index is -4.98. The molecule has 1 fully saturated rings. The number of benzene rings is 3. The van der Waals surface area contributed by atoms with Gasteiger partial charge in [0.1, 0.15) is 5.75 Å². The summed E-state index contributed by atoms with van der Waals surface area (Å²) in [6.45, 7) is 4.83. The maximum absolute atomic E-state index is 13.3. The molecule has 0 unspecified atom stereocenters. The Kier molecular flexibility index (Phi) is 8.34. The largest absolute Gasteiger partial charge is 0.416 e. The van der Waals surface area contributed by atoms with Crippen LogP contribution in [0.5, 0.6) is 5.75 Å². The summed E-state index contributed by atoms with van der Waals surface area (Å²) in [7, 11) is 3.31. The third kappa shape index (κ3) is 6.88. The summed E-state index contributed by atoms with van der Waals surface area (Å²) in [6.07, 6.45) is -10.9. The van der Waals surface area contributed by atoms with Gasteiger partial charge in [0.25, 0.3) is 0 Å². The van der Waals surface area contributed by atoms with Gasteiger partial charge in [0.15, 0.2) is 0 Å². The second kappa shape index (κ2) is 11.4. The van der Waals surface area contributed by atoms with Gasteiger partial charge in [-0.05, 0) is 67.1 Å². The summed E-state index contributed by atoms with van der Waals surface area (Å²) >= 11 is 0. The number of alkyl halides is 6. The van der Waals surface area contributed by atoms with Crippen LogP contribution in [0.1, 0.15) is 22.3 Å². The van der Waals surface area contributed by atoms with Crippen LogP contribution >= 0.6 is 0 Å². The Balaban J connectivity index is 1.61. The van der Waals surface area contributed by atoms with Gasteiger partial charge in [0, 0.05) is 51.0 Å². The fraction of sp³-hybridized carbons (Fsp3) is 0.345. The highest BCUT2D eigenvalue weighted by Crippen LogP contribution is 2.38. The van der Waals surface area contributed by atoms with Crippen molar-refractivity contribution >= 4 is 11.8 Å². The molecule has 0 saturated carbocycles. The lowest BCUT2D eigenvalue weighted by molar-refractivity contribution is -0.143. The van der Waals surface area contributed by atoms with Crippen molar-refractivity contribution in [3.63, 3.8) is 0 Å². The summed E-state index contributed by atoms with van der Waals surface area (Å²) in [5, 5.41) is 0. The summed E-state index contributed by atoms with van der Waals surface area (Å²) in [4.78, 5) is 18.4. The number of anilines is 1. The maximum atomic E-state index is 13.3. The average Bonchev–Trinajstić information content (AvgIpc) is 2.88. The maximum Gasteiger partial charge on any atom is 0.416 e. The normalized spacial score (nSPS) is 14.8. The first kappa shape index (κ1) is 29.3. The number of carbonyl (C=O) groups is 1. The molecule has 0 N–H and O–H groups in total. The van der Waals surface area contributed by atoms with Crippen LogP contribution in [0.4, 0.5) is 36.8 Å². The minimum Gasteiger partial charge on any atom is -0.410 e. The highest BCUT2D eigenvalue weighted by atomic mass is 19.4. The Morgan fingerprint density at radius 3 is 2.02 bits per heavy atom. The van der Waals surface area contributed by atoms with Crippen molar-refractivity contribution < 1.29 is 35.9 Å². The SMILES string of the molecule is Cc1ccccc1-c1cc(N2CCN(C)CC2)ccc1OC(=O)N(C)Cc1cc(C(F)(F)F)cc(C(F)(F)F)c1. The van der Waals surface area contributed by atoms with E-state index in [9.17, 15) is 31.1 Å². The number of nitrogens with zero attached hydrogens (tertiary/aromatic N) is 3. The monoisotopic (exact) mass is 565 g/mol. The summed E-state index contributed by atoms with van der Waals surface area (Å²) < 4.78 is 85.3. The van der Waals surface area contributed by atoms with E-state index in [4.69, 9.17) is 4.74 Å². The van der Waals surface area contributed by atoms with Crippen molar-refractivity contribution in [1.82, 2.24) is 9.80 Å². The zero-order chi connectivity index (χ0) is 29.2. The highest BCUT2D eigenvalue weighted by molar-refractivity contribution is 5.81. The van der Waals surface area contributed by atoms with Gasteiger partial charge in [-0.2, -0.15) is 26.3 Å². The van der Waals surface area contributed by atoms with Gasteiger partial charge in [-0.3, -0.25) is 0 Å². The quantitative estimate of drug-likeness (QED) is 0.310. The second-order valence-corrected chi connectivity index (χ2v) is 9.92. The molecule has 1 heterocycles. The molecule has 5 nitrogen and oxygen atoms in total. The molecule has 11 heteroatoms. The van der Waals surface area contributed by atoms with Crippen LogP contribution in [0, 0.1) is 6.92 Å². The number of ether oxygens (including phenoxy) is 1. The smallest absolute Gasteiger partial charge is 0.410 e. The third-order valence-corrected chi connectivity index (χ3v) is 6.84. The lowest BCUT2D eigenvalue weighted by atomic mass is 9.99. The van der Waals surface area contributed by atoms with Gasteiger partial charge in [-0.15, -0.1) is 0 Å². The molecular formula is C29H29F6N3O2. The van der Waals surface area contributed by atoms with E-state index < -0.39 is 36.1 Å². The molecule has 0 aromatic heterocycles. The molecule has 4 rings (SSSR count). The predicted molar refractivity (Wildman–Crippen MR) is 140 cm³/mol. The fourth-order valence-electron chi connectivity index (χ4n) is 4.57. The molecule has 1 aliphatic heterocycles. The van der Waals surface area contributed by atoms with Crippen molar-refractivity contribution in [2.75, 3.05) is 45.2 Å². The van der Waals surface area contributed by atoms with Crippen molar-refractivity contribution in [1.29, 1.82) is 0 Å². The molecule has 0 aliphatic carbocycles. The van der Waals surface area contributed by atoms with Crippen LogP contribution in [0.25, 0.3) is 11.1 Å². The van der Waals surface area contributed by atoms with Gasteiger partial charge in [-0.25, -0.2) is 4.79 Å². The molecule has 1 amide bonds. The first-order chi connectivity index (χ1) is 18.7. The van der Waals surface area contributed by atoms with E-state index in [1.165, 1.54) is 7.05 Å². The van der Waals surface area contributed by atoms with Crippen LogP contribution in [0.3, 0.4) is 0 Å². The molecule has 3 aromatic rings. The zero-order valence-corrected chi connectivity index (χ0v) is 22.2. The first-order valence-corrected chi connectivity index (χ1v) is 12.6. The standard InChI is InChI=1S/C29H29F6N3O2/c1-19-6-4-5-7-24(19)25-17-23(38-12-10-36(2)11-13-38)8-9-26(25)40-27(39)37(3)18-20-14-21(28(30,31)32)16-22(15-20)29(33,34)35/h4-9,14-17H,10-13,18H2,1-3H3. The predicted octanol–water partition coefficient (Wildman–Crippen LogP) is 7.08. The Morgan fingerprint density at radius 1 is 0.850 bits per heavy atom. The van der Waals surface area contributed by atoms with E-state index in [1.807, 2.05) is 43.3 Å². The third-order valence-electron chi connectivity index (χ3n) is 6.84. The fourth-order valence-corrected chi connectivity index (χ4v) is 4.57. The number of amides is 1. The minimum absolute atomic E-state index is 0.0538. The molecule has 0 atom stereocenters. The van der Waals surface area contributed by atoms with Crippen molar-refractivity contribution in [3.05, 3.63) is 82.9 Å². The van der Waals surface area contributed by atoms with E-state index in [1.54, 1.807) is 6.07 Å². The number of rotatable bonds is 5. The summed E-state index contributed by atoms with van der Waals surface area (Å²) in [5.74, 6) is 0.226. The summed E-state index contributed by atoms with van der Waals surface area (Å²) in [5.41, 5.74) is 0.147. The molecule has 1 aliphatic rings. The topological polar surface area (TPSA) is 36.0 Å². The first-order valence-electron chi connectivity index (χ1n) is 12.6. The van der Waals surface area contributed by atoms with E-state index in [0.29, 0.717) is 17.7 Å². The van der Waals surface area contributed by atoms with Crippen LogP contribution in [-0.4, -0.2) is 56.2 Å². The van der Waals surface area contributed by atoms with Gasteiger partial charge in [0.2, 0.25) is 0 Å². The number of aryl methyl sites for hydroxylation is 1. The Labute approximate surface area is 228 Å². The second-order valence-electron chi connectivity index (χ2n) is 9.92. The average molecular weight is 566 g/mol. The highest BCUT2D eigenvalue weighted by Gasteiger charge is 2.37. The van der Waals surface area contributed by atoms with Crippen LogP contribution in [0.2, 0.25) is 0 Å². The molecule has 0 radical (unpaired) electrons. The molecule has 40 heavy (non-hydrogen) atoms. The van der Waals surface area contributed by atoms with E-state index in [0.717, 1.165) is 47.9 Å². The van der Waals surface area contributed by atoms with Crippen LogP contribution in [-0.2, 0) is 18.9 Å². The van der Waals surface area contributed by atoms with Crippen molar-refractivity contribution in [2.24, 2.45) is 0 Å². The molecule has 214 valence electrons. The van der Waals surface area contributed by atoms with Gasteiger partial charge in [0.05, 0.1) is 11.1 Å². The van der Waals surface area contributed by atoms with E-state index >= 15 is 0 Å². The number of hydrogen-bond acceptors (Lipinski definition) is 4. The number of carbonyl (C=O) groups excluding carboxylic acids is 1. The van der Waals surface area contributed by atoms with Crippen molar-refractivity contribution in [2.45, 2.75) is 25.8 Å². The lowest BCUT2D eigenvalue weighted by Gasteiger charge is -2.34. The molecular weight excluding hydrogens is 536 g/mol. The molecule has 0 spiro atoms. The Bertz CT molecular complexity index is 1330. The van der Waals surface area contributed by atoms with E-state index in [2.05, 4.69) is 16.8 Å². The van der Waals surface area contributed by atoms with Crippen LogP contribution in [0.15, 0.2) is 60.7 Å². The van der Waals surface area contributed by atoms with Gasteiger partial charge >= 0.3 is 18.4 Å². The van der Waals surface area contributed by atoms with Crippen molar-refractivity contribution in [3.8, 4) is 16.9 Å². The number of halogens is 6. The Morgan fingerprint density at radius 2 is 1.45 bits per heavy atom. The number of piperazine rings is 1. The summed E-state index contributed by atoms with van der Waals surface area (Å²) in [6, 6.07) is 14.2. The molecule has 0 bridgehead atoms. The van der Waals surface area contributed by atoms with E-state index in [-0.39, 0.29) is 17.4 Å². The van der Waals surface area contributed by atoms with Gasteiger partial charge in [-0.1, -0.05) is 24.3 Å². The zero-order valence-electron chi connectivity index (χ0n) is 22.2. The Hall–Kier alpha value is -3.73. The lowest BCUT2D eigenvalue weighted by Crippen LogP contribution is -2.44. The van der Waals surface area contributed by atoms with Gasteiger partial charge < -0.3 is 19.4 Å². The molecule has 3 aromatic carbocycles. The van der Waals surface area contributed by atoms with Crippen LogP contribution < -0.4 is 9.64 Å². The number of likely N-dealkylation sites (N-methyl/N-ethyl adjacent to an activating group) is 1. The number of hydrogen-bond donors (Lipinski definition) is 0. The molecule has 1 saturated heterocycles.